The normalized spacial score (nSPS) is 29.9. The molecule has 2 saturated carbocycles. The van der Waals surface area contributed by atoms with E-state index in [-0.39, 0.29) is 66.4 Å². The molecule has 5 aliphatic heterocycles. The molecular formula is C54H66N10O5S. The van der Waals surface area contributed by atoms with E-state index in [0.29, 0.717) is 31.8 Å². The minimum Gasteiger partial charge on any atom is -0.464 e. The lowest BCUT2D eigenvalue weighted by atomic mass is 9.84. The van der Waals surface area contributed by atoms with Gasteiger partial charge >= 0.3 is 5.97 Å². The summed E-state index contributed by atoms with van der Waals surface area (Å²) in [5.74, 6) is -1.20. The minimum absolute atomic E-state index is 0.0431. The number of hydrogen-bond donors (Lipinski definition) is 2. The van der Waals surface area contributed by atoms with E-state index in [1.807, 2.05) is 18.3 Å². The molecule has 70 heavy (non-hydrogen) atoms. The summed E-state index contributed by atoms with van der Waals surface area (Å²) in [6.45, 7) is 11.0. The lowest BCUT2D eigenvalue weighted by molar-refractivity contribution is -0.156. The Morgan fingerprint density at radius 1 is 0.971 bits per heavy atom. The molecule has 6 fully saturated rings. The van der Waals surface area contributed by atoms with Crippen LogP contribution in [0.25, 0.3) is 33.4 Å². The van der Waals surface area contributed by atoms with E-state index in [1.165, 1.54) is 24.7 Å². The molecule has 368 valence electrons. The van der Waals surface area contributed by atoms with Gasteiger partial charge in [0.05, 0.1) is 41.9 Å². The van der Waals surface area contributed by atoms with Crippen LogP contribution >= 0.6 is 11.3 Å². The highest BCUT2D eigenvalue weighted by Gasteiger charge is 2.56. The number of likely N-dealkylation sites (tertiary alicyclic amines) is 1. The molecule has 2 unspecified atom stereocenters. The lowest BCUT2D eigenvalue weighted by Gasteiger charge is -2.44. The van der Waals surface area contributed by atoms with Crippen LogP contribution in [-0.2, 0) is 30.3 Å². The minimum atomic E-state index is -0.974. The van der Waals surface area contributed by atoms with E-state index in [4.69, 9.17) is 19.4 Å². The van der Waals surface area contributed by atoms with Gasteiger partial charge in [-0.3, -0.25) is 34.2 Å². The second-order valence-corrected chi connectivity index (χ2v) is 23.0. The summed E-state index contributed by atoms with van der Waals surface area (Å²) in [5, 5.41) is 9.07. The number of benzene rings is 1. The van der Waals surface area contributed by atoms with Crippen molar-refractivity contribution in [1.29, 1.82) is 0 Å². The molecule has 0 spiro atoms. The van der Waals surface area contributed by atoms with Gasteiger partial charge in [-0.1, -0.05) is 33.3 Å². The summed E-state index contributed by atoms with van der Waals surface area (Å²) in [4.78, 5) is 68.9. The van der Waals surface area contributed by atoms with E-state index in [0.717, 1.165) is 95.0 Å². The molecule has 4 saturated heterocycles. The second kappa shape index (κ2) is 18.2. The monoisotopic (exact) mass is 966 g/mol. The van der Waals surface area contributed by atoms with Crippen molar-refractivity contribution in [1.82, 2.24) is 50.1 Å². The first kappa shape index (κ1) is 46.0. The van der Waals surface area contributed by atoms with Crippen LogP contribution in [0.4, 0.5) is 0 Å². The van der Waals surface area contributed by atoms with Gasteiger partial charge < -0.3 is 19.4 Å². The number of hydrogen-bond acceptors (Lipinski definition) is 13. The number of amides is 2. The van der Waals surface area contributed by atoms with Crippen LogP contribution in [0.1, 0.15) is 132 Å². The maximum atomic E-state index is 15.5. The highest BCUT2D eigenvalue weighted by molar-refractivity contribution is 7.10. The van der Waals surface area contributed by atoms with Gasteiger partial charge in [0.2, 0.25) is 5.91 Å². The molecule has 16 heteroatoms. The van der Waals surface area contributed by atoms with Gasteiger partial charge in [0, 0.05) is 108 Å². The predicted octanol–water partition coefficient (Wildman–Crippen LogP) is 7.56. The van der Waals surface area contributed by atoms with Crippen molar-refractivity contribution in [2.45, 2.75) is 146 Å². The summed E-state index contributed by atoms with van der Waals surface area (Å²) in [7, 11) is 1.74. The third kappa shape index (κ3) is 8.24. The van der Waals surface area contributed by atoms with Gasteiger partial charge in [-0.2, -0.15) is 0 Å². The fourth-order valence-corrected chi connectivity index (χ4v) is 13.9. The molecule has 2 amide bonds. The average molecular weight is 967 g/mol. The van der Waals surface area contributed by atoms with Crippen molar-refractivity contribution in [3.8, 4) is 22.5 Å². The number of nitrogens with one attached hydrogen (secondary N) is 2. The maximum absolute atomic E-state index is 15.5. The summed E-state index contributed by atoms with van der Waals surface area (Å²) < 4.78 is 14.9. The van der Waals surface area contributed by atoms with Crippen molar-refractivity contribution in [2.75, 3.05) is 33.4 Å². The van der Waals surface area contributed by atoms with Crippen molar-refractivity contribution in [3.63, 3.8) is 0 Å². The Kier molecular flexibility index (Phi) is 11.9. The zero-order chi connectivity index (χ0) is 48.0. The van der Waals surface area contributed by atoms with Gasteiger partial charge in [-0.05, 0) is 107 Å². The number of carbonyl (C=O) groups excluding carboxylic acids is 3. The molecule has 5 aromatic rings. The summed E-state index contributed by atoms with van der Waals surface area (Å²) in [6, 6.07) is 12.1. The Morgan fingerprint density at radius 3 is 2.53 bits per heavy atom. The van der Waals surface area contributed by atoms with Crippen molar-refractivity contribution >= 4 is 40.0 Å². The molecule has 4 aromatic heterocycles. The maximum Gasteiger partial charge on any atom is 0.324 e. The van der Waals surface area contributed by atoms with Crippen LogP contribution in [0.3, 0.4) is 0 Å². The Hall–Kier alpha value is -5.13. The fraction of sp³-hybridized carbons (Fsp3) is 0.574. The number of nitrogens with zero attached hydrogens (tertiary/aromatic N) is 8. The third-order valence-corrected chi connectivity index (χ3v) is 17.8. The molecule has 12 rings (SSSR count). The Morgan fingerprint density at radius 2 is 1.77 bits per heavy atom. The fourth-order valence-electron chi connectivity index (χ4n) is 13.0. The molecule has 9 heterocycles. The Balaban J connectivity index is 1.01. The molecule has 1 aromatic carbocycles. The molecule has 15 nitrogen and oxygen atoms in total. The number of esters is 1. The average Bonchev–Trinajstić information content (AvgIpc) is 4.21. The number of hydrazine groups is 1. The van der Waals surface area contributed by atoms with Gasteiger partial charge in [-0.15, -0.1) is 11.3 Å². The van der Waals surface area contributed by atoms with Gasteiger partial charge in [0.15, 0.2) is 0 Å². The zero-order valence-electron chi connectivity index (χ0n) is 41.1. The summed E-state index contributed by atoms with van der Waals surface area (Å²) in [6.07, 6.45) is 14.4. The van der Waals surface area contributed by atoms with Crippen LogP contribution in [-0.4, -0.2) is 121 Å². The van der Waals surface area contributed by atoms with E-state index >= 15 is 4.79 Å². The van der Waals surface area contributed by atoms with Crippen LogP contribution in [0, 0.1) is 17.3 Å². The van der Waals surface area contributed by atoms with Gasteiger partial charge in [0.25, 0.3) is 5.91 Å². The lowest BCUT2D eigenvalue weighted by Crippen LogP contribution is -2.63. The molecule has 0 radical (unpaired) electrons. The SMILES string of the molecule is CO[C@@H](C)c1ncccc1-c1c2c3cc(ccc3n1C1CN(C3CC3)C1)-c1csc(n1)[C@@H](N1C3CCCC1CC3)[C@H](NC(=O)[C@@H]1[C@@H](C)[C@H]1c1ccncn1)C(=O)N1CCC[C@H](N1)C(=O)OCC(C)(C)C2. The number of cyclic esters (lactones) is 1. The van der Waals surface area contributed by atoms with E-state index < -0.39 is 23.5 Å². The van der Waals surface area contributed by atoms with E-state index in [9.17, 15) is 9.59 Å². The number of aromatic nitrogens is 5. The predicted molar refractivity (Wildman–Crippen MR) is 266 cm³/mol. The number of rotatable bonds is 9. The number of carbonyl (C=O) groups is 3. The number of piperidine rings is 1. The van der Waals surface area contributed by atoms with Gasteiger partial charge in [0.1, 0.15) is 23.4 Å². The molecular weight excluding hydrogens is 901 g/mol. The topological polar surface area (TPSA) is 160 Å². The van der Waals surface area contributed by atoms with E-state index in [1.54, 1.807) is 29.7 Å². The highest BCUT2D eigenvalue weighted by Crippen LogP contribution is 2.54. The molecule has 2 aliphatic carbocycles. The van der Waals surface area contributed by atoms with Crippen LogP contribution in [0.2, 0.25) is 0 Å². The number of ether oxygens (including phenoxy) is 2. The second-order valence-electron chi connectivity index (χ2n) is 22.2. The standard InChI is InChI=1S/C54H66N10O5S/c1-30-44(40-19-21-55-29-57-40)45(30)50(65)59-47-49(63-34-9-6-10-35(63)17-16-34)51-58-42(27-70-51)32-13-18-43-38(23-32)39(24-54(3,4)28-69-53(67)41-12-8-22-62(60-41)52(47)66)48(37-11-7-20-56-46(37)31(2)68-5)64(43)36-25-61(26-36)33-14-15-33/h7,11,13,18-21,23,27,29-31,33-36,41,44-45,47,49,60H,6,8-10,12,14-17,22,24-26,28H2,1-5H3,(H,59,65)/t30-,31-,34?,35?,41-,44-,45+,47-,49-/m0/s1. The Labute approximate surface area is 414 Å². The summed E-state index contributed by atoms with van der Waals surface area (Å²) >= 11 is 1.57. The molecule has 8 bridgehead atoms. The molecule has 2 N–H and O–H groups in total. The number of fused-ring (bicyclic) bond motifs is 8. The Bertz CT molecular complexity index is 2790. The van der Waals surface area contributed by atoms with Crippen molar-refractivity contribution in [2.24, 2.45) is 17.3 Å². The molecule has 9 atom stereocenters. The number of pyridine rings is 1. The number of thiazole rings is 1. The largest absolute Gasteiger partial charge is 0.464 e. The first-order chi connectivity index (χ1) is 34.0. The van der Waals surface area contributed by atoms with E-state index in [2.05, 4.69) is 92.4 Å². The first-order valence-electron chi connectivity index (χ1n) is 25.9. The quantitative estimate of drug-likeness (QED) is 0.140. The van der Waals surface area contributed by atoms with Crippen LogP contribution in [0.15, 0.2) is 60.5 Å². The van der Waals surface area contributed by atoms with Crippen LogP contribution in [0.5, 0.6) is 0 Å². The van der Waals surface area contributed by atoms with Crippen molar-refractivity contribution in [3.05, 3.63) is 82.5 Å². The van der Waals surface area contributed by atoms with Gasteiger partial charge in [-0.25, -0.2) is 20.4 Å². The van der Waals surface area contributed by atoms with Crippen molar-refractivity contribution < 1.29 is 23.9 Å². The number of methoxy groups -OCH3 is 1. The highest BCUT2D eigenvalue weighted by atomic mass is 32.1. The first-order valence-corrected chi connectivity index (χ1v) is 26.8. The zero-order valence-corrected chi connectivity index (χ0v) is 41.9. The summed E-state index contributed by atoms with van der Waals surface area (Å²) in [5.41, 5.74) is 10.9. The van der Waals surface area contributed by atoms with Crippen LogP contribution < -0.4 is 10.7 Å². The molecule has 7 aliphatic rings. The third-order valence-electron chi connectivity index (χ3n) is 16.9. The smallest absolute Gasteiger partial charge is 0.324 e.